The van der Waals surface area contributed by atoms with Gasteiger partial charge in [-0.2, -0.15) is 12.7 Å². The highest BCUT2D eigenvalue weighted by molar-refractivity contribution is 7.90. The summed E-state index contributed by atoms with van der Waals surface area (Å²) in [6, 6.07) is 12.0. The van der Waals surface area contributed by atoms with Crippen LogP contribution in [0.1, 0.15) is 24.5 Å². The maximum Gasteiger partial charge on any atom is 0.304 e. The van der Waals surface area contributed by atoms with Crippen molar-refractivity contribution in [3.05, 3.63) is 65.5 Å². The highest BCUT2D eigenvalue weighted by atomic mass is 32.2. The first-order chi connectivity index (χ1) is 15.5. The van der Waals surface area contributed by atoms with Gasteiger partial charge >= 0.3 is 10.2 Å². The number of carbonyl (C=O) groups excluding carboxylic acids is 2. The summed E-state index contributed by atoms with van der Waals surface area (Å²) < 4.78 is 42.3. The standard InChI is InChI=1S/C23H31FN4O4S/c1-6-20(23(30)25-3)27(15-18-12-8-7-11-17(18)2)22(29)16-28(33(31,32)26(4)5)21-14-10-9-13-19(21)24/h7-14,20H,6,15-16H2,1-5H3,(H,25,30)/t20-/m0/s1. The average Bonchev–Trinajstić information content (AvgIpc) is 2.78. The van der Waals surface area contributed by atoms with E-state index in [9.17, 15) is 22.4 Å². The van der Waals surface area contributed by atoms with E-state index in [1.807, 2.05) is 31.2 Å². The van der Waals surface area contributed by atoms with Gasteiger partial charge in [0.1, 0.15) is 18.4 Å². The van der Waals surface area contributed by atoms with E-state index in [1.54, 1.807) is 6.92 Å². The van der Waals surface area contributed by atoms with Gasteiger partial charge in [-0.05, 0) is 36.6 Å². The zero-order chi connectivity index (χ0) is 24.8. The summed E-state index contributed by atoms with van der Waals surface area (Å²) in [7, 11) is -0.121. The first-order valence-electron chi connectivity index (χ1n) is 10.5. The second kappa shape index (κ2) is 11.2. The van der Waals surface area contributed by atoms with Crippen LogP contribution in [0.15, 0.2) is 48.5 Å². The molecule has 0 unspecified atom stereocenters. The number of hydrogen-bond donors (Lipinski definition) is 1. The van der Waals surface area contributed by atoms with Crippen molar-refractivity contribution in [2.45, 2.75) is 32.9 Å². The Morgan fingerprint density at radius 2 is 1.67 bits per heavy atom. The molecule has 0 saturated heterocycles. The number of carbonyl (C=O) groups is 2. The molecule has 0 aromatic heterocycles. The van der Waals surface area contributed by atoms with Crippen molar-refractivity contribution in [2.75, 3.05) is 32.0 Å². The largest absolute Gasteiger partial charge is 0.357 e. The Balaban J connectivity index is 2.53. The molecule has 0 bridgehead atoms. The number of amides is 2. The van der Waals surface area contributed by atoms with Gasteiger partial charge in [-0.25, -0.2) is 8.70 Å². The number of nitrogens with one attached hydrogen (secondary N) is 1. The van der Waals surface area contributed by atoms with Gasteiger partial charge in [0.15, 0.2) is 0 Å². The zero-order valence-corrected chi connectivity index (χ0v) is 20.4. The smallest absolute Gasteiger partial charge is 0.304 e. The first kappa shape index (κ1) is 26.3. The van der Waals surface area contributed by atoms with Gasteiger partial charge in [0, 0.05) is 27.7 Å². The molecule has 2 aromatic carbocycles. The Morgan fingerprint density at radius 3 is 2.21 bits per heavy atom. The van der Waals surface area contributed by atoms with Crippen LogP contribution >= 0.6 is 0 Å². The number of aryl methyl sites for hydroxylation is 1. The van der Waals surface area contributed by atoms with Crippen LogP contribution in [0.25, 0.3) is 0 Å². The lowest BCUT2D eigenvalue weighted by atomic mass is 10.1. The van der Waals surface area contributed by atoms with Gasteiger partial charge in [-0.15, -0.1) is 0 Å². The van der Waals surface area contributed by atoms with Crippen LogP contribution in [0, 0.1) is 12.7 Å². The molecule has 1 atom stereocenters. The van der Waals surface area contributed by atoms with Crippen LogP contribution in [0.2, 0.25) is 0 Å². The summed E-state index contributed by atoms with van der Waals surface area (Å²) in [5, 5.41) is 2.56. The maximum atomic E-state index is 14.6. The lowest BCUT2D eigenvalue weighted by Crippen LogP contribution is -2.53. The normalized spacial score (nSPS) is 12.3. The summed E-state index contributed by atoms with van der Waals surface area (Å²) in [5.41, 5.74) is 1.50. The lowest BCUT2D eigenvalue weighted by molar-refractivity contribution is -0.140. The van der Waals surface area contributed by atoms with E-state index in [1.165, 1.54) is 44.2 Å². The minimum absolute atomic E-state index is 0.102. The quantitative estimate of drug-likeness (QED) is 0.568. The van der Waals surface area contributed by atoms with Crippen LogP contribution in [0.3, 0.4) is 0 Å². The second-order valence-electron chi connectivity index (χ2n) is 7.73. The summed E-state index contributed by atoms with van der Waals surface area (Å²) in [5.74, 6) is -1.77. The molecule has 0 heterocycles. The topological polar surface area (TPSA) is 90.0 Å². The molecule has 0 fully saturated rings. The van der Waals surface area contributed by atoms with Crippen LogP contribution in [0.5, 0.6) is 0 Å². The van der Waals surface area contributed by atoms with Crippen molar-refractivity contribution >= 4 is 27.7 Å². The molecular formula is C23H31FN4O4S. The number of nitrogens with zero attached hydrogens (tertiary/aromatic N) is 3. The Morgan fingerprint density at radius 1 is 1.06 bits per heavy atom. The lowest BCUT2D eigenvalue weighted by Gasteiger charge is -2.34. The van der Waals surface area contributed by atoms with E-state index in [2.05, 4.69) is 5.32 Å². The molecule has 1 N–H and O–H groups in total. The SMILES string of the molecule is CC[C@@H](C(=O)NC)N(Cc1ccccc1C)C(=O)CN(c1ccccc1F)S(=O)(=O)N(C)C. The Hall–Kier alpha value is -2.98. The molecule has 0 aliphatic rings. The highest BCUT2D eigenvalue weighted by Crippen LogP contribution is 2.24. The number of halogens is 1. The molecule has 0 aliphatic carbocycles. The Labute approximate surface area is 195 Å². The van der Waals surface area contributed by atoms with Gasteiger partial charge in [0.25, 0.3) is 0 Å². The van der Waals surface area contributed by atoms with E-state index < -0.39 is 34.5 Å². The fourth-order valence-electron chi connectivity index (χ4n) is 3.41. The minimum Gasteiger partial charge on any atom is -0.357 e. The summed E-state index contributed by atoms with van der Waals surface area (Å²) in [6.45, 7) is 3.09. The molecule has 2 rings (SSSR count). The van der Waals surface area contributed by atoms with E-state index in [0.717, 1.165) is 25.8 Å². The van der Waals surface area contributed by atoms with Crippen molar-refractivity contribution < 1.29 is 22.4 Å². The van der Waals surface area contributed by atoms with E-state index in [0.29, 0.717) is 6.42 Å². The number of hydrogen-bond acceptors (Lipinski definition) is 4. The summed E-state index contributed by atoms with van der Waals surface area (Å²) >= 11 is 0. The van der Waals surface area contributed by atoms with Gasteiger partial charge in [-0.1, -0.05) is 43.3 Å². The third-order valence-electron chi connectivity index (χ3n) is 5.37. The molecule has 8 nitrogen and oxygen atoms in total. The third kappa shape index (κ3) is 6.08. The van der Waals surface area contributed by atoms with Crippen molar-refractivity contribution in [1.29, 1.82) is 0 Å². The molecule has 10 heteroatoms. The molecular weight excluding hydrogens is 447 g/mol. The number of likely N-dealkylation sites (N-methyl/N-ethyl adjacent to an activating group) is 1. The third-order valence-corrected chi connectivity index (χ3v) is 7.18. The van der Waals surface area contributed by atoms with Crippen LogP contribution in [-0.4, -0.2) is 63.2 Å². The number of rotatable bonds is 10. The fourth-order valence-corrected chi connectivity index (χ4v) is 4.48. The molecule has 33 heavy (non-hydrogen) atoms. The van der Waals surface area contributed by atoms with E-state index >= 15 is 0 Å². The average molecular weight is 479 g/mol. The molecule has 2 aromatic rings. The van der Waals surface area contributed by atoms with Gasteiger partial charge < -0.3 is 10.2 Å². The zero-order valence-electron chi connectivity index (χ0n) is 19.6. The predicted octanol–water partition coefficient (Wildman–Crippen LogP) is 2.30. The van der Waals surface area contributed by atoms with Crippen LogP contribution in [0.4, 0.5) is 10.1 Å². The Kier molecular flexibility index (Phi) is 8.95. The van der Waals surface area contributed by atoms with E-state index in [-0.39, 0.29) is 18.1 Å². The molecule has 0 saturated carbocycles. The first-order valence-corrected chi connectivity index (χ1v) is 11.9. The van der Waals surface area contributed by atoms with Crippen molar-refractivity contribution in [3.63, 3.8) is 0 Å². The molecule has 2 amide bonds. The van der Waals surface area contributed by atoms with Gasteiger partial charge in [0.05, 0.1) is 5.69 Å². The van der Waals surface area contributed by atoms with Crippen molar-refractivity contribution in [2.24, 2.45) is 0 Å². The van der Waals surface area contributed by atoms with Gasteiger partial charge in [-0.3, -0.25) is 9.59 Å². The maximum absolute atomic E-state index is 14.6. The van der Waals surface area contributed by atoms with Crippen LogP contribution < -0.4 is 9.62 Å². The number of anilines is 1. The molecule has 0 radical (unpaired) electrons. The summed E-state index contributed by atoms with van der Waals surface area (Å²) in [6.07, 6.45) is 0.317. The molecule has 0 spiro atoms. The van der Waals surface area contributed by atoms with Crippen molar-refractivity contribution in [3.8, 4) is 0 Å². The van der Waals surface area contributed by atoms with Crippen LogP contribution in [-0.2, 0) is 26.3 Å². The number of benzene rings is 2. The molecule has 0 aliphatic heterocycles. The number of para-hydroxylation sites is 1. The molecule has 180 valence electrons. The second-order valence-corrected chi connectivity index (χ2v) is 9.80. The Bertz CT molecular complexity index is 1090. The minimum atomic E-state index is -4.20. The predicted molar refractivity (Wildman–Crippen MR) is 126 cm³/mol. The fraction of sp³-hybridized carbons (Fsp3) is 0.391. The summed E-state index contributed by atoms with van der Waals surface area (Å²) in [4.78, 5) is 27.5. The van der Waals surface area contributed by atoms with E-state index in [4.69, 9.17) is 0 Å². The van der Waals surface area contributed by atoms with Gasteiger partial charge in [0.2, 0.25) is 11.8 Å². The van der Waals surface area contributed by atoms with Crippen molar-refractivity contribution in [1.82, 2.24) is 14.5 Å². The monoisotopic (exact) mass is 478 g/mol. The highest BCUT2D eigenvalue weighted by Gasteiger charge is 2.34.